The van der Waals surface area contributed by atoms with Gasteiger partial charge in [0.05, 0.1) is 7.11 Å². The van der Waals surface area contributed by atoms with Crippen LogP contribution in [0.5, 0.6) is 11.5 Å². The summed E-state index contributed by atoms with van der Waals surface area (Å²) < 4.78 is 6.08. The van der Waals surface area contributed by atoms with E-state index in [0.29, 0.717) is 17.8 Å². The fourth-order valence-corrected chi connectivity index (χ4v) is 2.86. The van der Waals surface area contributed by atoms with Gasteiger partial charge in [0.15, 0.2) is 11.5 Å². The maximum atomic E-state index is 9.89. The molecule has 1 fully saturated rings. The van der Waals surface area contributed by atoms with Crippen LogP contribution in [0.3, 0.4) is 0 Å². The molecule has 106 valence electrons. The van der Waals surface area contributed by atoms with Crippen molar-refractivity contribution in [3.63, 3.8) is 0 Å². The van der Waals surface area contributed by atoms with E-state index in [4.69, 9.17) is 4.74 Å². The topological polar surface area (TPSA) is 44.7 Å². The first kappa shape index (κ1) is 14.6. The summed E-state index contributed by atoms with van der Waals surface area (Å²) >= 11 is 3.55. The van der Waals surface area contributed by atoms with E-state index in [9.17, 15) is 5.11 Å². The monoisotopic (exact) mass is 328 g/mol. The molecule has 19 heavy (non-hydrogen) atoms. The maximum Gasteiger partial charge on any atom is 0.161 e. The minimum absolute atomic E-state index is 0.191. The lowest BCUT2D eigenvalue weighted by molar-refractivity contribution is 0.138. The van der Waals surface area contributed by atoms with Crippen LogP contribution in [0.15, 0.2) is 16.6 Å². The van der Waals surface area contributed by atoms with E-state index in [-0.39, 0.29) is 5.75 Å². The first-order valence-corrected chi connectivity index (χ1v) is 7.33. The molecule has 0 amide bonds. The number of aromatic hydroxyl groups is 1. The van der Waals surface area contributed by atoms with Gasteiger partial charge in [-0.05, 0) is 31.5 Å². The number of ether oxygens (including phenoxy) is 1. The smallest absolute Gasteiger partial charge is 0.161 e. The molecule has 1 saturated heterocycles. The second-order valence-electron chi connectivity index (χ2n) is 5.20. The summed E-state index contributed by atoms with van der Waals surface area (Å²) in [5, 5.41) is 13.4. The number of rotatable bonds is 3. The molecule has 1 aromatic rings. The van der Waals surface area contributed by atoms with Crippen LogP contribution in [0.25, 0.3) is 0 Å². The molecule has 1 aliphatic heterocycles. The highest BCUT2D eigenvalue weighted by molar-refractivity contribution is 9.10. The highest BCUT2D eigenvalue weighted by Crippen LogP contribution is 2.33. The van der Waals surface area contributed by atoms with Crippen LogP contribution >= 0.6 is 15.9 Å². The van der Waals surface area contributed by atoms with Gasteiger partial charge >= 0.3 is 0 Å². The van der Waals surface area contributed by atoms with Crippen molar-refractivity contribution in [2.75, 3.05) is 20.2 Å². The van der Waals surface area contributed by atoms with Crippen molar-refractivity contribution in [1.82, 2.24) is 10.2 Å². The third-order valence-corrected chi connectivity index (χ3v) is 4.35. The van der Waals surface area contributed by atoms with E-state index in [2.05, 4.69) is 40.0 Å². The second-order valence-corrected chi connectivity index (χ2v) is 6.06. The molecule has 0 bridgehead atoms. The molecular weight excluding hydrogens is 308 g/mol. The number of methoxy groups -OCH3 is 1. The molecule has 1 aromatic carbocycles. The van der Waals surface area contributed by atoms with E-state index in [1.807, 2.05) is 6.07 Å². The lowest BCUT2D eigenvalue weighted by Gasteiger charge is -2.37. The Morgan fingerprint density at radius 2 is 2.21 bits per heavy atom. The first-order valence-electron chi connectivity index (χ1n) is 6.54. The van der Waals surface area contributed by atoms with Crippen LogP contribution in [-0.2, 0) is 6.54 Å². The fourth-order valence-electron chi connectivity index (χ4n) is 2.41. The van der Waals surface area contributed by atoms with Gasteiger partial charge in [-0.15, -0.1) is 0 Å². The summed E-state index contributed by atoms with van der Waals surface area (Å²) in [4.78, 5) is 2.42. The van der Waals surface area contributed by atoms with Gasteiger partial charge in [-0.1, -0.05) is 15.9 Å². The van der Waals surface area contributed by atoms with Crippen molar-refractivity contribution in [3.8, 4) is 11.5 Å². The van der Waals surface area contributed by atoms with Crippen molar-refractivity contribution in [2.24, 2.45) is 0 Å². The third kappa shape index (κ3) is 3.41. The Kier molecular flexibility index (Phi) is 4.71. The molecule has 5 heteroatoms. The Balaban J connectivity index is 2.16. The molecule has 1 aliphatic rings. The van der Waals surface area contributed by atoms with Crippen molar-refractivity contribution >= 4 is 15.9 Å². The zero-order valence-corrected chi connectivity index (χ0v) is 13.2. The number of hydrogen-bond donors (Lipinski definition) is 2. The molecule has 0 aromatic heterocycles. The van der Waals surface area contributed by atoms with Crippen molar-refractivity contribution < 1.29 is 9.84 Å². The molecule has 0 radical (unpaired) electrons. The highest BCUT2D eigenvalue weighted by Gasteiger charge is 2.23. The molecule has 2 N–H and O–H groups in total. The van der Waals surface area contributed by atoms with Crippen LogP contribution < -0.4 is 10.1 Å². The van der Waals surface area contributed by atoms with Gasteiger partial charge in [0.2, 0.25) is 0 Å². The van der Waals surface area contributed by atoms with Crippen molar-refractivity contribution in [3.05, 3.63) is 22.2 Å². The molecule has 2 unspecified atom stereocenters. The number of hydrogen-bond acceptors (Lipinski definition) is 4. The average molecular weight is 329 g/mol. The normalized spacial score (nSPS) is 24.4. The Labute approximate surface area is 122 Å². The first-order chi connectivity index (χ1) is 9.01. The number of benzene rings is 1. The predicted molar refractivity (Wildman–Crippen MR) is 79.7 cm³/mol. The number of phenolic OH excluding ortho intramolecular Hbond substituents is 1. The van der Waals surface area contributed by atoms with Gasteiger partial charge in [-0.2, -0.15) is 0 Å². The SMILES string of the molecule is COc1cc(Br)c(CN2CC(C)NCC2C)cc1O. The fraction of sp³-hybridized carbons (Fsp3) is 0.571. The Morgan fingerprint density at radius 3 is 2.89 bits per heavy atom. The molecule has 0 spiro atoms. The molecule has 2 atom stereocenters. The maximum absolute atomic E-state index is 9.89. The van der Waals surface area contributed by atoms with Crippen LogP contribution in [0.4, 0.5) is 0 Å². The van der Waals surface area contributed by atoms with Crippen LogP contribution in [0.2, 0.25) is 0 Å². The largest absolute Gasteiger partial charge is 0.504 e. The van der Waals surface area contributed by atoms with E-state index >= 15 is 0 Å². The Hall–Kier alpha value is -0.780. The molecule has 1 heterocycles. The summed E-state index contributed by atoms with van der Waals surface area (Å²) in [6, 6.07) is 4.60. The van der Waals surface area contributed by atoms with Crippen LogP contribution in [-0.4, -0.2) is 42.3 Å². The molecule has 2 rings (SSSR count). The molecular formula is C14H21BrN2O2. The number of phenols is 1. The van der Waals surface area contributed by atoms with Gasteiger partial charge in [0.1, 0.15) is 0 Å². The number of piperazine rings is 1. The third-order valence-electron chi connectivity index (χ3n) is 3.61. The second kappa shape index (κ2) is 6.11. The summed E-state index contributed by atoms with van der Waals surface area (Å²) in [6.45, 7) is 7.25. The van der Waals surface area contributed by atoms with E-state index in [0.717, 1.165) is 29.7 Å². The average Bonchev–Trinajstić information content (AvgIpc) is 2.37. The van der Waals surface area contributed by atoms with Gasteiger partial charge < -0.3 is 15.2 Å². The van der Waals surface area contributed by atoms with Crippen molar-refractivity contribution in [1.29, 1.82) is 0 Å². The predicted octanol–water partition coefficient (Wildman–Crippen LogP) is 2.35. The van der Waals surface area contributed by atoms with Gasteiger partial charge in [-0.25, -0.2) is 0 Å². The standard InChI is InChI=1S/C14H21BrN2O2/c1-9-7-17(10(2)6-16-9)8-11-4-13(18)14(19-3)5-12(11)15/h4-5,9-10,16,18H,6-8H2,1-3H3. The zero-order chi connectivity index (χ0) is 14.0. The van der Waals surface area contributed by atoms with Crippen LogP contribution in [0, 0.1) is 0 Å². The van der Waals surface area contributed by atoms with Gasteiger partial charge in [0, 0.05) is 36.2 Å². The highest BCUT2D eigenvalue weighted by atomic mass is 79.9. The van der Waals surface area contributed by atoms with Crippen LogP contribution in [0.1, 0.15) is 19.4 Å². The van der Waals surface area contributed by atoms with E-state index in [1.54, 1.807) is 13.2 Å². The van der Waals surface area contributed by atoms with Gasteiger partial charge in [0.25, 0.3) is 0 Å². The van der Waals surface area contributed by atoms with Crippen molar-refractivity contribution in [2.45, 2.75) is 32.5 Å². The van der Waals surface area contributed by atoms with Gasteiger partial charge in [-0.3, -0.25) is 4.90 Å². The number of nitrogens with one attached hydrogen (secondary N) is 1. The zero-order valence-electron chi connectivity index (χ0n) is 11.6. The lowest BCUT2D eigenvalue weighted by Crippen LogP contribution is -2.53. The summed E-state index contributed by atoms with van der Waals surface area (Å²) in [6.07, 6.45) is 0. The Bertz CT molecular complexity index is 453. The summed E-state index contributed by atoms with van der Waals surface area (Å²) in [7, 11) is 1.56. The molecule has 0 saturated carbocycles. The number of halogens is 1. The summed E-state index contributed by atoms with van der Waals surface area (Å²) in [5.41, 5.74) is 1.08. The minimum Gasteiger partial charge on any atom is -0.504 e. The van der Waals surface area contributed by atoms with E-state index < -0.39 is 0 Å². The summed E-state index contributed by atoms with van der Waals surface area (Å²) in [5.74, 6) is 0.689. The quantitative estimate of drug-likeness (QED) is 0.894. The molecule has 0 aliphatic carbocycles. The molecule has 4 nitrogen and oxygen atoms in total. The number of nitrogens with zero attached hydrogens (tertiary/aromatic N) is 1. The van der Waals surface area contributed by atoms with E-state index in [1.165, 1.54) is 0 Å². The minimum atomic E-state index is 0.191. The Morgan fingerprint density at radius 1 is 1.47 bits per heavy atom. The lowest BCUT2D eigenvalue weighted by atomic mass is 10.1.